The van der Waals surface area contributed by atoms with Crippen LogP contribution in [0.25, 0.3) is 0 Å². The molecule has 0 aromatic heterocycles. The molecule has 2 fully saturated rings. The average Bonchev–Trinajstić information content (AvgIpc) is 3.76. The molecule has 2 atom stereocenters. The van der Waals surface area contributed by atoms with Gasteiger partial charge in [0.15, 0.2) is 0 Å². The van der Waals surface area contributed by atoms with Crippen molar-refractivity contribution in [3.05, 3.63) is 95.9 Å². The van der Waals surface area contributed by atoms with Gasteiger partial charge < -0.3 is 33.2 Å². The Morgan fingerprint density at radius 2 is 0.884 bits per heavy atom. The third-order valence-corrected chi connectivity index (χ3v) is 9.59. The molecule has 232 valence electrons. The van der Waals surface area contributed by atoms with E-state index in [1.165, 1.54) is 0 Å². The molecule has 0 bridgehead atoms. The fourth-order valence-corrected chi connectivity index (χ4v) is 6.90. The normalized spacial score (nSPS) is 24.5. The Kier molecular flexibility index (Phi) is 8.51. The van der Waals surface area contributed by atoms with Gasteiger partial charge in [0.05, 0.1) is 37.3 Å². The van der Waals surface area contributed by atoms with Crippen LogP contribution in [0, 0.1) is 10.8 Å². The summed E-state index contributed by atoms with van der Waals surface area (Å²) in [5, 5.41) is 0. The molecule has 7 heteroatoms. The van der Waals surface area contributed by atoms with Gasteiger partial charge in [-0.1, -0.05) is 62.5 Å². The Labute approximate surface area is 256 Å². The maximum Gasteiger partial charge on any atom is 0.274 e. The van der Waals surface area contributed by atoms with Crippen molar-refractivity contribution in [1.82, 2.24) is 0 Å². The number of rotatable bonds is 16. The Balaban J connectivity index is 1.43. The molecule has 0 saturated carbocycles. The van der Waals surface area contributed by atoms with E-state index < -0.39 is 23.8 Å². The quantitative estimate of drug-likeness (QED) is 0.173. The maximum absolute atomic E-state index is 7.57. The first-order valence-electron chi connectivity index (χ1n) is 15.8. The smallest absolute Gasteiger partial charge is 0.274 e. The first kappa shape index (κ1) is 30.0. The first-order valence-corrected chi connectivity index (χ1v) is 15.8. The van der Waals surface area contributed by atoms with E-state index in [0.29, 0.717) is 52.1 Å². The highest BCUT2D eigenvalue weighted by Crippen LogP contribution is 2.51. The molecular weight excluding hydrogens is 544 g/mol. The Morgan fingerprint density at radius 1 is 0.581 bits per heavy atom. The second-order valence-corrected chi connectivity index (χ2v) is 12.8. The minimum Gasteiger partial charge on any atom is -0.454 e. The summed E-state index contributed by atoms with van der Waals surface area (Å²) in [7, 11) is 0. The zero-order valence-corrected chi connectivity index (χ0v) is 26.0. The minimum absolute atomic E-state index is 0.338. The summed E-state index contributed by atoms with van der Waals surface area (Å²) in [5.41, 5.74) is -0.677. The van der Waals surface area contributed by atoms with Crippen LogP contribution in [0.2, 0.25) is 0 Å². The lowest BCUT2D eigenvalue weighted by Crippen LogP contribution is -2.69. The van der Waals surface area contributed by atoms with Crippen molar-refractivity contribution in [2.24, 2.45) is 10.8 Å². The SMILES string of the molecule is CCC1(C(OC(C2(CC)COC2)C(C)(OC2=CC=CC2)OC2=CC=CC2)C(C)(OC2=CC=CC2)OC2=CC=CC2)COC1. The van der Waals surface area contributed by atoms with E-state index >= 15 is 0 Å². The van der Waals surface area contributed by atoms with Gasteiger partial charge in [0.1, 0.15) is 35.2 Å². The highest BCUT2D eigenvalue weighted by atomic mass is 16.7. The Bertz CT molecular complexity index is 1110. The van der Waals surface area contributed by atoms with Crippen molar-refractivity contribution < 1.29 is 33.2 Å². The molecule has 0 aromatic carbocycles. The van der Waals surface area contributed by atoms with Gasteiger partial charge in [0, 0.05) is 39.5 Å². The van der Waals surface area contributed by atoms with Gasteiger partial charge in [-0.2, -0.15) is 0 Å². The summed E-state index contributed by atoms with van der Waals surface area (Å²) >= 11 is 0. The summed E-state index contributed by atoms with van der Waals surface area (Å²) in [6, 6.07) is 0. The molecule has 0 spiro atoms. The predicted octanol–water partition coefficient (Wildman–Crippen LogP) is 7.47. The van der Waals surface area contributed by atoms with Crippen molar-refractivity contribution in [2.45, 2.75) is 90.0 Å². The fraction of sp³-hybridized carbons (Fsp3) is 0.556. The summed E-state index contributed by atoms with van der Waals surface area (Å²) < 4.78 is 46.8. The molecule has 6 aliphatic rings. The summed E-state index contributed by atoms with van der Waals surface area (Å²) in [6.07, 6.45) is 28.0. The molecular formula is C36H46O7. The maximum atomic E-state index is 7.57. The Morgan fingerprint density at radius 3 is 1.07 bits per heavy atom. The average molecular weight is 591 g/mol. The monoisotopic (exact) mass is 590 g/mol. The number of hydrogen-bond acceptors (Lipinski definition) is 7. The van der Waals surface area contributed by atoms with Crippen LogP contribution in [0.3, 0.4) is 0 Å². The van der Waals surface area contributed by atoms with Crippen LogP contribution in [0.5, 0.6) is 0 Å². The van der Waals surface area contributed by atoms with Crippen LogP contribution in [0.4, 0.5) is 0 Å². The van der Waals surface area contributed by atoms with Gasteiger partial charge >= 0.3 is 0 Å². The van der Waals surface area contributed by atoms with Crippen molar-refractivity contribution >= 4 is 0 Å². The van der Waals surface area contributed by atoms with Gasteiger partial charge in [0.2, 0.25) is 0 Å². The molecule has 2 saturated heterocycles. The van der Waals surface area contributed by atoms with Crippen LogP contribution in [-0.2, 0) is 33.2 Å². The van der Waals surface area contributed by atoms with Gasteiger partial charge in [-0.3, -0.25) is 0 Å². The lowest BCUT2D eigenvalue weighted by molar-refractivity contribution is -0.375. The minimum atomic E-state index is -1.16. The molecule has 0 amide bonds. The van der Waals surface area contributed by atoms with E-state index in [4.69, 9.17) is 33.2 Å². The zero-order chi connectivity index (χ0) is 30.0. The predicted molar refractivity (Wildman–Crippen MR) is 164 cm³/mol. The third-order valence-electron chi connectivity index (χ3n) is 9.59. The molecule has 0 radical (unpaired) electrons. The number of hydrogen-bond donors (Lipinski definition) is 0. The van der Waals surface area contributed by atoms with Crippen molar-refractivity contribution in [3.63, 3.8) is 0 Å². The standard InChI is InChI=1S/C36H46O7/c1-5-35(23-37-24-35)31(33(3,40-27-15-7-8-16-27)41-28-17-9-10-18-28)39-32(36(6-2)25-38-26-36)34(4,42-29-19-11-12-20-29)43-30-21-13-14-22-30/h7-15,17,19,21,31-32H,5-6,16,18,20,22-26H2,1-4H3. The van der Waals surface area contributed by atoms with Crippen LogP contribution < -0.4 is 0 Å². The second-order valence-electron chi connectivity index (χ2n) is 12.8. The molecule has 2 heterocycles. The van der Waals surface area contributed by atoms with E-state index in [1.54, 1.807) is 0 Å². The van der Waals surface area contributed by atoms with Crippen molar-refractivity contribution in [1.29, 1.82) is 0 Å². The zero-order valence-electron chi connectivity index (χ0n) is 26.0. The summed E-state index contributed by atoms with van der Waals surface area (Å²) in [5.74, 6) is 1.09. The fourth-order valence-electron chi connectivity index (χ4n) is 6.90. The van der Waals surface area contributed by atoms with E-state index in [0.717, 1.165) is 35.9 Å². The second kappa shape index (κ2) is 12.2. The highest BCUT2D eigenvalue weighted by molar-refractivity contribution is 5.23. The number of ether oxygens (including phenoxy) is 7. The number of allylic oxidation sites excluding steroid dienone is 12. The molecule has 43 heavy (non-hydrogen) atoms. The van der Waals surface area contributed by atoms with Gasteiger partial charge in [0.25, 0.3) is 11.6 Å². The van der Waals surface area contributed by atoms with Crippen LogP contribution in [0.15, 0.2) is 95.9 Å². The van der Waals surface area contributed by atoms with E-state index in [-0.39, 0.29) is 10.8 Å². The highest BCUT2D eigenvalue weighted by Gasteiger charge is 2.64. The molecule has 2 unspecified atom stereocenters. The van der Waals surface area contributed by atoms with Crippen molar-refractivity contribution in [2.75, 3.05) is 26.4 Å². The molecule has 6 rings (SSSR count). The van der Waals surface area contributed by atoms with Gasteiger partial charge in [-0.25, -0.2) is 0 Å². The lowest BCUT2D eigenvalue weighted by Gasteiger charge is -2.57. The van der Waals surface area contributed by atoms with Gasteiger partial charge in [-0.15, -0.1) is 0 Å². The van der Waals surface area contributed by atoms with E-state index in [1.807, 2.05) is 62.5 Å². The first-order chi connectivity index (χ1) is 20.8. The lowest BCUT2D eigenvalue weighted by atomic mass is 9.71. The third kappa shape index (κ3) is 5.92. The molecule has 2 aliphatic heterocycles. The Hall–Kier alpha value is -3.00. The molecule has 0 aromatic rings. The summed E-state index contributed by atoms with van der Waals surface area (Å²) in [6.45, 7) is 10.6. The van der Waals surface area contributed by atoms with Crippen LogP contribution >= 0.6 is 0 Å². The van der Waals surface area contributed by atoms with Crippen molar-refractivity contribution in [3.8, 4) is 0 Å². The molecule has 4 aliphatic carbocycles. The molecule has 7 nitrogen and oxygen atoms in total. The van der Waals surface area contributed by atoms with Crippen LogP contribution in [-0.4, -0.2) is 50.2 Å². The topological polar surface area (TPSA) is 64.6 Å². The molecule has 0 N–H and O–H groups in total. The van der Waals surface area contributed by atoms with E-state index in [9.17, 15) is 0 Å². The largest absolute Gasteiger partial charge is 0.454 e. The summed E-state index contributed by atoms with van der Waals surface area (Å²) in [4.78, 5) is 0. The van der Waals surface area contributed by atoms with Crippen LogP contribution in [0.1, 0.15) is 66.2 Å². The van der Waals surface area contributed by atoms with E-state index in [2.05, 4.69) is 38.2 Å². The van der Waals surface area contributed by atoms with Gasteiger partial charge in [-0.05, 0) is 37.1 Å².